The van der Waals surface area contributed by atoms with E-state index < -0.39 is 4.92 Å². The van der Waals surface area contributed by atoms with Crippen molar-refractivity contribution in [3.05, 3.63) is 45.5 Å². The first kappa shape index (κ1) is 14.5. The second-order valence-electron chi connectivity index (χ2n) is 3.86. The van der Waals surface area contributed by atoms with Crippen LogP contribution in [-0.2, 0) is 4.74 Å². The molecule has 0 aliphatic heterocycles. The predicted molar refractivity (Wildman–Crippen MR) is 72.2 cm³/mol. The molecule has 0 bridgehead atoms. The van der Waals surface area contributed by atoms with Gasteiger partial charge in [-0.3, -0.25) is 10.1 Å². The smallest absolute Gasteiger partial charge is 0.293 e. The molecule has 0 saturated carbocycles. The third-order valence-corrected chi connectivity index (χ3v) is 2.30. The Hall–Kier alpha value is -1.59. The van der Waals surface area contributed by atoms with Gasteiger partial charge in [0.25, 0.3) is 5.69 Å². The summed E-state index contributed by atoms with van der Waals surface area (Å²) < 4.78 is 5.28. The molecule has 1 aromatic carbocycles. The van der Waals surface area contributed by atoms with Gasteiger partial charge in [-0.05, 0) is 19.1 Å². The van der Waals surface area contributed by atoms with Gasteiger partial charge < -0.3 is 10.1 Å². The van der Waals surface area contributed by atoms with Crippen LogP contribution in [0.4, 0.5) is 11.4 Å². The van der Waals surface area contributed by atoms with Crippen LogP contribution in [0.2, 0.25) is 5.02 Å². The van der Waals surface area contributed by atoms with Crippen molar-refractivity contribution in [2.75, 3.05) is 25.1 Å². The molecule has 0 spiro atoms. The lowest BCUT2D eigenvalue weighted by molar-refractivity contribution is -0.383. The van der Waals surface area contributed by atoms with Crippen molar-refractivity contribution in [1.82, 2.24) is 0 Å². The van der Waals surface area contributed by atoms with Crippen LogP contribution in [0.5, 0.6) is 0 Å². The maximum atomic E-state index is 10.8. The Balaban J connectivity index is 2.51. The van der Waals surface area contributed by atoms with Gasteiger partial charge in [-0.2, -0.15) is 0 Å². The normalized spacial score (nSPS) is 10.1. The summed E-state index contributed by atoms with van der Waals surface area (Å²) in [6.07, 6.45) is 0. The quantitative estimate of drug-likeness (QED) is 0.357. The maximum Gasteiger partial charge on any atom is 0.293 e. The molecule has 0 saturated heterocycles. The third-order valence-electron chi connectivity index (χ3n) is 2.07. The Bertz CT molecular complexity index is 449. The monoisotopic (exact) mass is 270 g/mol. The number of nitrogens with zero attached hydrogens (tertiary/aromatic N) is 1. The lowest BCUT2D eigenvalue weighted by Crippen LogP contribution is -2.11. The van der Waals surface area contributed by atoms with E-state index in [1.807, 2.05) is 6.92 Å². The van der Waals surface area contributed by atoms with E-state index in [9.17, 15) is 10.1 Å². The summed E-state index contributed by atoms with van der Waals surface area (Å²) in [5.74, 6) is 0. The molecular weight excluding hydrogens is 256 g/mol. The minimum atomic E-state index is -0.469. The molecule has 98 valence electrons. The fraction of sp³-hybridized carbons (Fsp3) is 0.333. The first-order chi connectivity index (χ1) is 8.50. The van der Waals surface area contributed by atoms with E-state index in [1.165, 1.54) is 6.07 Å². The highest BCUT2D eigenvalue weighted by molar-refractivity contribution is 6.30. The molecule has 18 heavy (non-hydrogen) atoms. The number of nitro benzene ring substituents is 1. The van der Waals surface area contributed by atoms with Crippen molar-refractivity contribution in [3.8, 4) is 0 Å². The van der Waals surface area contributed by atoms with Gasteiger partial charge in [0, 0.05) is 17.6 Å². The lowest BCUT2D eigenvalue weighted by Gasteiger charge is -2.08. The topological polar surface area (TPSA) is 64.4 Å². The van der Waals surface area contributed by atoms with Crippen LogP contribution in [0.15, 0.2) is 30.4 Å². The summed E-state index contributed by atoms with van der Waals surface area (Å²) in [5.41, 5.74) is 1.33. The van der Waals surface area contributed by atoms with Gasteiger partial charge in [-0.1, -0.05) is 23.8 Å². The van der Waals surface area contributed by atoms with Crippen LogP contribution >= 0.6 is 11.6 Å². The molecule has 0 radical (unpaired) electrons. The number of hydrogen-bond donors (Lipinski definition) is 1. The van der Waals surface area contributed by atoms with E-state index in [4.69, 9.17) is 16.3 Å². The molecule has 0 unspecified atom stereocenters. The molecule has 0 aromatic heterocycles. The van der Waals surface area contributed by atoms with Crippen LogP contribution in [0.3, 0.4) is 0 Å². The Morgan fingerprint density at radius 2 is 2.33 bits per heavy atom. The van der Waals surface area contributed by atoms with Gasteiger partial charge in [0.2, 0.25) is 0 Å². The van der Waals surface area contributed by atoms with Crippen LogP contribution in [0.1, 0.15) is 6.92 Å². The zero-order valence-electron chi connectivity index (χ0n) is 10.1. The number of hydrogen-bond acceptors (Lipinski definition) is 4. The number of rotatable bonds is 7. The average molecular weight is 271 g/mol. The zero-order chi connectivity index (χ0) is 13.5. The minimum Gasteiger partial charge on any atom is -0.377 e. The fourth-order valence-corrected chi connectivity index (χ4v) is 1.48. The van der Waals surface area contributed by atoms with Crippen molar-refractivity contribution in [3.63, 3.8) is 0 Å². The minimum absolute atomic E-state index is 0.0394. The third kappa shape index (κ3) is 4.73. The van der Waals surface area contributed by atoms with Crippen LogP contribution in [-0.4, -0.2) is 24.7 Å². The number of anilines is 1. The molecule has 0 fully saturated rings. The SMILES string of the molecule is C=C(C)COCCNc1ccc(Cl)cc1[N+](=O)[O-]. The first-order valence-electron chi connectivity index (χ1n) is 5.40. The number of ether oxygens (including phenoxy) is 1. The molecule has 0 heterocycles. The summed E-state index contributed by atoms with van der Waals surface area (Å²) in [4.78, 5) is 10.3. The van der Waals surface area contributed by atoms with Gasteiger partial charge in [0.15, 0.2) is 0 Å². The molecule has 1 rings (SSSR count). The molecule has 5 nitrogen and oxygen atoms in total. The van der Waals surface area contributed by atoms with Crippen molar-refractivity contribution in [2.45, 2.75) is 6.92 Å². The standard InChI is InChI=1S/C12H15ClN2O3/c1-9(2)8-18-6-5-14-11-4-3-10(13)7-12(11)15(16)17/h3-4,7,14H,1,5-6,8H2,2H3. The molecule has 0 atom stereocenters. The number of nitro groups is 1. The Morgan fingerprint density at radius 1 is 1.61 bits per heavy atom. The number of halogens is 1. The van der Waals surface area contributed by atoms with E-state index >= 15 is 0 Å². The van der Waals surface area contributed by atoms with Crippen molar-refractivity contribution >= 4 is 23.0 Å². The van der Waals surface area contributed by atoms with E-state index in [1.54, 1.807) is 12.1 Å². The highest BCUT2D eigenvalue weighted by atomic mass is 35.5. The van der Waals surface area contributed by atoms with Gasteiger partial charge in [-0.15, -0.1) is 0 Å². The lowest BCUT2D eigenvalue weighted by atomic mass is 10.2. The molecule has 1 N–H and O–H groups in total. The molecule has 0 aliphatic rings. The Kier molecular flexibility index (Phi) is 5.61. The van der Waals surface area contributed by atoms with Gasteiger partial charge >= 0.3 is 0 Å². The zero-order valence-corrected chi connectivity index (χ0v) is 10.9. The highest BCUT2D eigenvalue weighted by Gasteiger charge is 2.13. The summed E-state index contributed by atoms with van der Waals surface area (Å²) >= 11 is 5.71. The summed E-state index contributed by atoms with van der Waals surface area (Å²) in [6, 6.07) is 4.50. The predicted octanol–water partition coefficient (Wildman–Crippen LogP) is 3.25. The van der Waals surface area contributed by atoms with Crippen molar-refractivity contribution < 1.29 is 9.66 Å². The van der Waals surface area contributed by atoms with Crippen molar-refractivity contribution in [2.24, 2.45) is 0 Å². The maximum absolute atomic E-state index is 10.8. The van der Waals surface area contributed by atoms with Crippen LogP contribution < -0.4 is 5.32 Å². The van der Waals surface area contributed by atoms with Crippen LogP contribution in [0, 0.1) is 10.1 Å². The summed E-state index contributed by atoms with van der Waals surface area (Å²) in [6.45, 7) is 7.00. The Morgan fingerprint density at radius 3 is 2.94 bits per heavy atom. The first-order valence-corrected chi connectivity index (χ1v) is 5.78. The van der Waals surface area contributed by atoms with Crippen molar-refractivity contribution in [1.29, 1.82) is 0 Å². The van der Waals surface area contributed by atoms with Gasteiger partial charge in [0.05, 0.1) is 18.1 Å². The molecule has 0 aliphatic carbocycles. The second kappa shape index (κ2) is 6.98. The summed E-state index contributed by atoms with van der Waals surface area (Å²) in [7, 11) is 0. The summed E-state index contributed by atoms with van der Waals surface area (Å²) in [5, 5.41) is 14.1. The highest BCUT2D eigenvalue weighted by Crippen LogP contribution is 2.27. The van der Waals surface area contributed by atoms with E-state index in [2.05, 4.69) is 11.9 Å². The fourth-order valence-electron chi connectivity index (χ4n) is 1.31. The molecule has 1 aromatic rings. The second-order valence-corrected chi connectivity index (χ2v) is 4.29. The van der Waals surface area contributed by atoms with Gasteiger partial charge in [0.1, 0.15) is 5.69 Å². The van der Waals surface area contributed by atoms with E-state index in [-0.39, 0.29) is 5.69 Å². The number of nitrogens with one attached hydrogen (secondary N) is 1. The molecule has 0 amide bonds. The van der Waals surface area contributed by atoms with Gasteiger partial charge in [-0.25, -0.2) is 0 Å². The molecule has 6 heteroatoms. The van der Waals surface area contributed by atoms with E-state index in [0.717, 1.165) is 5.57 Å². The Labute approximate surface area is 111 Å². The number of benzene rings is 1. The largest absolute Gasteiger partial charge is 0.377 e. The van der Waals surface area contributed by atoms with Crippen LogP contribution in [0.25, 0.3) is 0 Å². The molecular formula is C12H15ClN2O3. The van der Waals surface area contributed by atoms with E-state index in [0.29, 0.717) is 30.5 Å². The average Bonchev–Trinajstić information content (AvgIpc) is 2.29.